The van der Waals surface area contributed by atoms with E-state index in [1.807, 2.05) is 6.07 Å². The molecule has 0 aliphatic heterocycles. The summed E-state index contributed by atoms with van der Waals surface area (Å²) in [6.45, 7) is 0.249. The van der Waals surface area contributed by atoms with Crippen LogP contribution < -0.4 is 15.4 Å². The molecule has 0 fully saturated rings. The number of benzene rings is 2. The molecule has 3 N–H and O–H groups in total. The number of methoxy groups -OCH3 is 1. The van der Waals surface area contributed by atoms with Crippen LogP contribution in [0.5, 0.6) is 5.75 Å². The first kappa shape index (κ1) is 20.4. The molecule has 1 aromatic heterocycles. The number of hydrogen-bond acceptors (Lipinski definition) is 7. The molecule has 0 aliphatic carbocycles. The molecule has 152 valence electrons. The molecule has 0 atom stereocenters. The molecule has 0 aliphatic rings. The molecular formula is C21H18N4O5. The van der Waals surface area contributed by atoms with Crippen molar-refractivity contribution in [1.82, 2.24) is 10.3 Å². The average Bonchev–Trinajstić information content (AvgIpc) is 3.22. The molecule has 0 radical (unpaired) electrons. The first-order chi connectivity index (χ1) is 14.5. The van der Waals surface area contributed by atoms with Crippen LogP contribution in [-0.2, 0) is 0 Å². The summed E-state index contributed by atoms with van der Waals surface area (Å²) in [5, 5.41) is 23.2. The van der Waals surface area contributed by atoms with Crippen LogP contribution >= 0.6 is 0 Å². The number of carbonyl (C=O) groups excluding carboxylic acids is 1. The van der Waals surface area contributed by atoms with Crippen LogP contribution in [0.2, 0.25) is 0 Å². The summed E-state index contributed by atoms with van der Waals surface area (Å²) < 4.78 is 10.9. The van der Waals surface area contributed by atoms with Crippen molar-refractivity contribution in [2.45, 2.75) is 6.42 Å². The zero-order valence-corrected chi connectivity index (χ0v) is 16.0. The standard InChI is InChI=1S/C21H18N4O5/c1-29-17-10-15(19(26)23-8-2-7-22)9-16(11-17)25-21-24-12-18(30-21)13-3-5-14(6-4-13)20(27)28/h3-6,9-12H,2,8H2,1H3,(H,23,26)(H,24,25)(H,27,28). The number of anilines is 2. The van der Waals surface area contributed by atoms with E-state index in [4.69, 9.17) is 19.5 Å². The lowest BCUT2D eigenvalue weighted by Gasteiger charge is -2.09. The third kappa shape index (κ3) is 4.94. The second kappa shape index (κ2) is 9.25. The first-order valence-corrected chi connectivity index (χ1v) is 8.91. The molecule has 3 aromatic rings. The first-order valence-electron chi connectivity index (χ1n) is 8.91. The second-order valence-electron chi connectivity index (χ2n) is 6.15. The van der Waals surface area contributed by atoms with Crippen molar-refractivity contribution in [3.05, 3.63) is 59.8 Å². The van der Waals surface area contributed by atoms with Crippen LogP contribution in [0.25, 0.3) is 11.3 Å². The van der Waals surface area contributed by atoms with Gasteiger partial charge in [-0.05, 0) is 24.3 Å². The van der Waals surface area contributed by atoms with E-state index >= 15 is 0 Å². The largest absolute Gasteiger partial charge is 0.497 e. The number of carboxylic acids is 1. The van der Waals surface area contributed by atoms with Crippen LogP contribution in [0.15, 0.2) is 53.1 Å². The zero-order valence-electron chi connectivity index (χ0n) is 16.0. The minimum absolute atomic E-state index is 0.175. The van der Waals surface area contributed by atoms with Crippen molar-refractivity contribution in [3.63, 3.8) is 0 Å². The van der Waals surface area contributed by atoms with E-state index in [0.717, 1.165) is 0 Å². The predicted molar refractivity (Wildman–Crippen MR) is 108 cm³/mol. The Morgan fingerprint density at radius 1 is 1.20 bits per heavy atom. The van der Waals surface area contributed by atoms with Gasteiger partial charge >= 0.3 is 5.97 Å². The fourth-order valence-corrected chi connectivity index (χ4v) is 2.62. The lowest BCUT2D eigenvalue weighted by Crippen LogP contribution is -2.24. The van der Waals surface area contributed by atoms with Gasteiger partial charge in [-0.1, -0.05) is 12.1 Å². The Bertz CT molecular complexity index is 1100. The Morgan fingerprint density at radius 2 is 1.97 bits per heavy atom. The van der Waals surface area contributed by atoms with Crippen molar-refractivity contribution >= 4 is 23.6 Å². The highest BCUT2D eigenvalue weighted by molar-refractivity contribution is 5.95. The monoisotopic (exact) mass is 406 g/mol. The van der Waals surface area contributed by atoms with Gasteiger partial charge in [0.2, 0.25) is 0 Å². The maximum absolute atomic E-state index is 12.3. The highest BCUT2D eigenvalue weighted by atomic mass is 16.5. The summed E-state index contributed by atoms with van der Waals surface area (Å²) >= 11 is 0. The Balaban J connectivity index is 1.77. The van der Waals surface area contributed by atoms with Gasteiger partial charge in [0, 0.05) is 29.4 Å². The number of aromatic carboxylic acids is 1. The van der Waals surface area contributed by atoms with Crippen LogP contribution in [0.1, 0.15) is 27.1 Å². The van der Waals surface area contributed by atoms with E-state index in [2.05, 4.69) is 15.6 Å². The van der Waals surface area contributed by atoms with Gasteiger partial charge in [0.15, 0.2) is 5.76 Å². The Hall–Kier alpha value is -4.32. The number of nitrogens with zero attached hydrogens (tertiary/aromatic N) is 2. The van der Waals surface area contributed by atoms with Crippen molar-refractivity contribution in [2.24, 2.45) is 0 Å². The summed E-state index contributed by atoms with van der Waals surface area (Å²) in [6.07, 6.45) is 1.72. The topological polar surface area (TPSA) is 137 Å². The fraction of sp³-hybridized carbons (Fsp3) is 0.143. The Labute approximate surface area is 171 Å². The lowest BCUT2D eigenvalue weighted by atomic mass is 10.1. The molecule has 1 amide bonds. The number of nitrogens with one attached hydrogen (secondary N) is 2. The number of carbonyl (C=O) groups is 2. The van der Waals surface area contributed by atoms with Gasteiger partial charge in [0.25, 0.3) is 11.9 Å². The smallest absolute Gasteiger partial charge is 0.335 e. The normalized spacial score (nSPS) is 10.1. The lowest BCUT2D eigenvalue weighted by molar-refractivity contribution is 0.0696. The number of nitriles is 1. The molecule has 30 heavy (non-hydrogen) atoms. The summed E-state index contributed by atoms with van der Waals surface area (Å²) in [5.74, 6) is -0.431. The van der Waals surface area contributed by atoms with E-state index < -0.39 is 5.97 Å². The molecule has 0 saturated heterocycles. The SMILES string of the molecule is COc1cc(Nc2ncc(-c3ccc(C(=O)O)cc3)o2)cc(C(=O)NCCC#N)c1. The highest BCUT2D eigenvalue weighted by Crippen LogP contribution is 2.27. The van der Waals surface area contributed by atoms with Gasteiger partial charge in [0.05, 0.1) is 31.4 Å². The summed E-state index contributed by atoms with van der Waals surface area (Å²) in [6, 6.07) is 13.2. The number of amides is 1. The van der Waals surface area contributed by atoms with Crippen LogP contribution in [-0.4, -0.2) is 35.6 Å². The second-order valence-corrected chi connectivity index (χ2v) is 6.15. The molecule has 0 spiro atoms. The minimum atomic E-state index is -1.01. The summed E-state index contributed by atoms with van der Waals surface area (Å²) in [5.41, 5.74) is 1.72. The molecule has 9 nitrogen and oxygen atoms in total. The van der Waals surface area contributed by atoms with Gasteiger partial charge < -0.3 is 24.9 Å². The number of aromatic nitrogens is 1. The van der Waals surface area contributed by atoms with E-state index in [-0.39, 0.29) is 30.5 Å². The predicted octanol–water partition coefficient (Wildman–Crippen LogP) is 3.44. The quantitative estimate of drug-likeness (QED) is 0.484. The van der Waals surface area contributed by atoms with Crippen LogP contribution in [0.3, 0.4) is 0 Å². The van der Waals surface area contributed by atoms with Crippen molar-refractivity contribution in [3.8, 4) is 23.1 Å². The average molecular weight is 406 g/mol. The highest BCUT2D eigenvalue weighted by Gasteiger charge is 2.12. The maximum atomic E-state index is 12.3. The zero-order chi connectivity index (χ0) is 21.5. The van der Waals surface area contributed by atoms with E-state index in [1.54, 1.807) is 30.3 Å². The third-order valence-corrected chi connectivity index (χ3v) is 4.10. The van der Waals surface area contributed by atoms with Gasteiger partial charge in [0.1, 0.15) is 5.75 Å². The molecule has 0 unspecified atom stereocenters. The van der Waals surface area contributed by atoms with Crippen molar-refractivity contribution < 1.29 is 23.8 Å². The molecular weight excluding hydrogens is 388 g/mol. The number of oxazole rings is 1. The minimum Gasteiger partial charge on any atom is -0.497 e. The van der Waals surface area contributed by atoms with E-state index in [1.165, 1.54) is 25.4 Å². The van der Waals surface area contributed by atoms with Gasteiger partial charge in [-0.15, -0.1) is 0 Å². The van der Waals surface area contributed by atoms with Gasteiger partial charge in [-0.2, -0.15) is 5.26 Å². The summed E-state index contributed by atoms with van der Waals surface area (Å²) in [7, 11) is 1.49. The third-order valence-electron chi connectivity index (χ3n) is 4.10. The molecule has 3 rings (SSSR count). The maximum Gasteiger partial charge on any atom is 0.335 e. The summed E-state index contributed by atoms with van der Waals surface area (Å²) in [4.78, 5) is 27.4. The van der Waals surface area contributed by atoms with Gasteiger partial charge in [-0.3, -0.25) is 4.79 Å². The van der Waals surface area contributed by atoms with Crippen LogP contribution in [0, 0.1) is 11.3 Å². The van der Waals surface area contributed by atoms with Crippen molar-refractivity contribution in [1.29, 1.82) is 5.26 Å². The van der Waals surface area contributed by atoms with Gasteiger partial charge in [-0.25, -0.2) is 9.78 Å². The number of rotatable bonds is 8. The fourth-order valence-electron chi connectivity index (χ4n) is 2.62. The molecule has 0 bridgehead atoms. The van der Waals surface area contributed by atoms with E-state index in [9.17, 15) is 9.59 Å². The number of hydrogen-bond donors (Lipinski definition) is 3. The van der Waals surface area contributed by atoms with E-state index in [0.29, 0.717) is 28.3 Å². The molecule has 1 heterocycles. The van der Waals surface area contributed by atoms with Crippen LogP contribution in [0.4, 0.5) is 11.7 Å². The number of ether oxygens (including phenoxy) is 1. The molecule has 2 aromatic carbocycles. The number of carboxylic acid groups (broad SMARTS) is 1. The molecule has 9 heteroatoms. The Morgan fingerprint density at radius 3 is 2.63 bits per heavy atom. The molecule has 0 saturated carbocycles. The van der Waals surface area contributed by atoms with Crippen molar-refractivity contribution in [2.75, 3.05) is 19.0 Å². The Kier molecular flexibility index (Phi) is 6.29.